The van der Waals surface area contributed by atoms with Crippen molar-refractivity contribution in [2.75, 3.05) is 4.90 Å². The average Bonchev–Trinajstić information content (AvgIpc) is 2.97. The summed E-state index contributed by atoms with van der Waals surface area (Å²) >= 11 is 0. The summed E-state index contributed by atoms with van der Waals surface area (Å²) in [6.45, 7) is 9.89. The maximum Gasteiger partial charge on any atom is 0.240 e. The van der Waals surface area contributed by atoms with Gasteiger partial charge < -0.3 is 4.74 Å². The van der Waals surface area contributed by atoms with Crippen molar-refractivity contribution in [2.45, 2.75) is 46.8 Å². The molecule has 2 heterocycles. The molecule has 2 amide bonds. The molecular weight excluding hydrogens is 314 g/mol. The van der Waals surface area contributed by atoms with Crippen molar-refractivity contribution in [1.82, 2.24) is 0 Å². The van der Waals surface area contributed by atoms with Crippen LogP contribution in [0.5, 0.6) is 0 Å². The number of anilines is 1. The number of ether oxygens (including phenoxy) is 1. The van der Waals surface area contributed by atoms with Crippen molar-refractivity contribution in [3.05, 3.63) is 53.1 Å². The van der Waals surface area contributed by atoms with E-state index in [1.807, 2.05) is 71.0 Å². The molecule has 0 spiro atoms. The molecule has 0 aromatic heterocycles. The van der Waals surface area contributed by atoms with E-state index in [1.54, 1.807) is 0 Å². The number of hydrogen-bond donors (Lipinski definition) is 0. The van der Waals surface area contributed by atoms with E-state index < -0.39 is 11.8 Å². The Morgan fingerprint density at radius 1 is 0.880 bits per heavy atom. The van der Waals surface area contributed by atoms with E-state index in [2.05, 4.69) is 0 Å². The highest BCUT2D eigenvalue weighted by Gasteiger charge is 2.59. The summed E-state index contributed by atoms with van der Waals surface area (Å²) in [5, 5.41) is 0. The van der Waals surface area contributed by atoms with Gasteiger partial charge in [0, 0.05) is 0 Å². The highest BCUT2D eigenvalue weighted by molar-refractivity contribution is 6.22. The van der Waals surface area contributed by atoms with Gasteiger partial charge in [-0.25, -0.2) is 4.90 Å². The number of nitrogens with zero attached hydrogens (tertiary/aromatic N) is 1. The topological polar surface area (TPSA) is 46.6 Å². The normalized spacial score (nSPS) is 28.1. The molecule has 132 valence electrons. The lowest BCUT2D eigenvalue weighted by molar-refractivity contribution is -0.124. The monoisotopic (exact) mass is 339 g/mol. The summed E-state index contributed by atoms with van der Waals surface area (Å²) in [4.78, 5) is 27.5. The minimum atomic E-state index is -0.454. The quantitative estimate of drug-likeness (QED) is 0.621. The molecule has 1 aromatic carbocycles. The number of aryl methyl sites for hydroxylation is 1. The van der Waals surface area contributed by atoms with Crippen molar-refractivity contribution in [1.29, 1.82) is 0 Å². The maximum atomic E-state index is 13.1. The zero-order valence-corrected chi connectivity index (χ0v) is 15.4. The van der Waals surface area contributed by atoms with E-state index >= 15 is 0 Å². The number of carbonyl (C=O) groups is 2. The molecule has 4 atom stereocenters. The molecule has 2 aliphatic rings. The molecule has 4 unspecified atom stereocenters. The lowest BCUT2D eigenvalue weighted by Crippen LogP contribution is -2.35. The Kier molecular flexibility index (Phi) is 4.65. The number of imide groups is 1. The van der Waals surface area contributed by atoms with Gasteiger partial charge in [-0.2, -0.15) is 0 Å². The first-order chi connectivity index (χ1) is 11.8. The summed E-state index contributed by atoms with van der Waals surface area (Å²) in [6.07, 6.45) is 3.20. The van der Waals surface area contributed by atoms with Gasteiger partial charge in [0.25, 0.3) is 0 Å². The van der Waals surface area contributed by atoms with Gasteiger partial charge in [-0.15, -0.1) is 0 Å². The third-order valence-corrected chi connectivity index (χ3v) is 4.71. The van der Waals surface area contributed by atoms with Crippen LogP contribution in [0.4, 0.5) is 5.69 Å². The van der Waals surface area contributed by atoms with Gasteiger partial charge in [0.2, 0.25) is 11.8 Å². The Balaban J connectivity index is 2.02. The lowest BCUT2D eigenvalue weighted by Gasteiger charge is -2.20. The SMILES string of the molecule is CC(C)=CC1OC(C=C(C)C)C2C(=O)N(c3ccc(C)cc3)C(=O)C12. The van der Waals surface area contributed by atoms with Crippen LogP contribution < -0.4 is 4.90 Å². The van der Waals surface area contributed by atoms with Gasteiger partial charge >= 0.3 is 0 Å². The lowest BCUT2D eigenvalue weighted by atomic mass is 9.88. The third kappa shape index (κ3) is 3.19. The van der Waals surface area contributed by atoms with Gasteiger partial charge in [0.1, 0.15) is 0 Å². The van der Waals surface area contributed by atoms with E-state index in [0.717, 1.165) is 16.7 Å². The number of amides is 2. The molecule has 2 fully saturated rings. The molecule has 2 saturated heterocycles. The van der Waals surface area contributed by atoms with Crippen LogP contribution >= 0.6 is 0 Å². The molecule has 1 aromatic rings. The van der Waals surface area contributed by atoms with Crippen molar-refractivity contribution < 1.29 is 14.3 Å². The van der Waals surface area contributed by atoms with E-state index in [0.29, 0.717) is 5.69 Å². The van der Waals surface area contributed by atoms with E-state index in [-0.39, 0.29) is 24.0 Å². The predicted molar refractivity (Wildman–Crippen MR) is 98.2 cm³/mol. The van der Waals surface area contributed by atoms with Gasteiger partial charge in [-0.3, -0.25) is 9.59 Å². The molecule has 0 saturated carbocycles. The van der Waals surface area contributed by atoms with Crippen molar-refractivity contribution in [2.24, 2.45) is 11.8 Å². The predicted octanol–water partition coefficient (Wildman–Crippen LogP) is 3.80. The van der Waals surface area contributed by atoms with Gasteiger partial charge in [-0.1, -0.05) is 41.0 Å². The Hall–Kier alpha value is -2.20. The number of benzene rings is 1. The van der Waals surface area contributed by atoms with Crippen LogP contribution in [0, 0.1) is 18.8 Å². The minimum Gasteiger partial charge on any atom is -0.365 e. The zero-order valence-electron chi connectivity index (χ0n) is 15.4. The van der Waals surface area contributed by atoms with Gasteiger partial charge in [-0.05, 0) is 46.8 Å². The molecule has 4 nitrogen and oxygen atoms in total. The Bertz CT molecular complexity index is 710. The third-order valence-electron chi connectivity index (χ3n) is 4.71. The second kappa shape index (κ2) is 6.60. The number of carbonyl (C=O) groups excluding carboxylic acids is 2. The first kappa shape index (κ1) is 17.6. The first-order valence-electron chi connectivity index (χ1n) is 8.69. The zero-order chi connectivity index (χ0) is 18.3. The molecule has 0 aliphatic carbocycles. The van der Waals surface area contributed by atoms with E-state index in [1.165, 1.54) is 4.90 Å². The summed E-state index contributed by atoms with van der Waals surface area (Å²) in [6, 6.07) is 7.50. The van der Waals surface area contributed by atoms with E-state index in [9.17, 15) is 9.59 Å². The van der Waals surface area contributed by atoms with Gasteiger partial charge in [0.15, 0.2) is 0 Å². The van der Waals surface area contributed by atoms with Crippen LogP contribution in [0.15, 0.2) is 47.6 Å². The molecule has 3 rings (SSSR count). The average molecular weight is 339 g/mol. The van der Waals surface area contributed by atoms with Crippen molar-refractivity contribution in [3.8, 4) is 0 Å². The summed E-state index contributed by atoms with van der Waals surface area (Å²) in [7, 11) is 0. The van der Waals surface area contributed by atoms with Crippen LogP contribution in [-0.2, 0) is 14.3 Å². The number of hydrogen-bond acceptors (Lipinski definition) is 3. The minimum absolute atomic E-state index is 0.161. The Morgan fingerprint density at radius 3 is 1.72 bits per heavy atom. The molecule has 0 N–H and O–H groups in total. The highest BCUT2D eigenvalue weighted by Crippen LogP contribution is 2.43. The van der Waals surface area contributed by atoms with Crippen LogP contribution in [0.25, 0.3) is 0 Å². The van der Waals surface area contributed by atoms with E-state index in [4.69, 9.17) is 4.74 Å². The van der Waals surface area contributed by atoms with Crippen LogP contribution in [0.3, 0.4) is 0 Å². The first-order valence-corrected chi connectivity index (χ1v) is 8.69. The van der Waals surface area contributed by atoms with Crippen LogP contribution in [0.1, 0.15) is 33.3 Å². The smallest absolute Gasteiger partial charge is 0.240 e. The Morgan fingerprint density at radius 2 is 1.32 bits per heavy atom. The second-order valence-corrected chi connectivity index (χ2v) is 7.45. The maximum absolute atomic E-state index is 13.1. The largest absolute Gasteiger partial charge is 0.365 e. The fourth-order valence-corrected chi connectivity index (χ4v) is 3.65. The molecule has 2 aliphatic heterocycles. The summed E-state index contributed by atoms with van der Waals surface area (Å²) < 4.78 is 6.07. The van der Waals surface area contributed by atoms with Gasteiger partial charge in [0.05, 0.1) is 29.7 Å². The number of fused-ring (bicyclic) bond motifs is 1. The summed E-state index contributed by atoms with van der Waals surface area (Å²) in [5.74, 6) is -1.23. The standard InChI is InChI=1S/C21H25NO3/c1-12(2)10-16-18-19(17(25-16)11-13(3)4)21(24)22(20(18)23)15-8-6-14(5)7-9-15/h6-11,16-19H,1-5H3. The fraction of sp³-hybridized carbons (Fsp3) is 0.429. The summed E-state index contributed by atoms with van der Waals surface area (Å²) in [5.41, 5.74) is 3.89. The molecule has 0 bridgehead atoms. The van der Waals surface area contributed by atoms with Crippen LogP contribution in [0.2, 0.25) is 0 Å². The number of rotatable bonds is 3. The van der Waals surface area contributed by atoms with Crippen LogP contribution in [-0.4, -0.2) is 24.0 Å². The molecule has 0 radical (unpaired) electrons. The number of allylic oxidation sites excluding steroid dienone is 2. The Labute approximate surface area is 149 Å². The molecule has 25 heavy (non-hydrogen) atoms. The molecular formula is C21H25NO3. The van der Waals surface area contributed by atoms with Crippen molar-refractivity contribution >= 4 is 17.5 Å². The fourth-order valence-electron chi connectivity index (χ4n) is 3.65. The van der Waals surface area contributed by atoms with Crippen molar-refractivity contribution in [3.63, 3.8) is 0 Å². The highest BCUT2D eigenvalue weighted by atomic mass is 16.5. The second-order valence-electron chi connectivity index (χ2n) is 7.45. The molecule has 4 heteroatoms.